The minimum absolute atomic E-state index is 0.0206. The molecule has 0 aliphatic heterocycles. The van der Waals surface area contributed by atoms with Crippen LogP contribution in [0.15, 0.2) is 41.1 Å². The summed E-state index contributed by atoms with van der Waals surface area (Å²) >= 11 is 0. The summed E-state index contributed by atoms with van der Waals surface area (Å²) in [4.78, 5) is 3.56. The molecule has 0 saturated heterocycles. The number of imidazole rings is 1. The Kier molecular flexibility index (Phi) is 3.68. The van der Waals surface area contributed by atoms with E-state index in [1.54, 1.807) is 0 Å². The molecule has 0 bridgehead atoms. The van der Waals surface area contributed by atoms with E-state index in [1.807, 2.05) is 18.2 Å². The number of aryl methyl sites for hydroxylation is 3. The fraction of sp³-hybridized carbons (Fsp3) is 0.304. The predicted octanol–water partition coefficient (Wildman–Crippen LogP) is 5.57. The zero-order valence-corrected chi connectivity index (χ0v) is 16.7. The summed E-state index contributed by atoms with van der Waals surface area (Å²) in [5, 5.41) is 2.22. The molecule has 0 aliphatic carbocycles. The SMILES string of the molecule is [C-]#[N+]c1ccc2c(c1)oc1c(-c3n(C)cc[n+]3C)c(C)cc(C(C)(C)C)c12. The van der Waals surface area contributed by atoms with Crippen LogP contribution in [0, 0.1) is 13.5 Å². The van der Waals surface area contributed by atoms with Gasteiger partial charge in [0.15, 0.2) is 11.3 Å². The van der Waals surface area contributed by atoms with E-state index < -0.39 is 0 Å². The Balaban J connectivity index is 2.24. The number of benzene rings is 2. The summed E-state index contributed by atoms with van der Waals surface area (Å²) in [6, 6.07) is 8.04. The molecule has 2 aromatic carbocycles. The van der Waals surface area contributed by atoms with Crippen LogP contribution in [0.1, 0.15) is 31.9 Å². The summed E-state index contributed by atoms with van der Waals surface area (Å²) < 4.78 is 10.6. The quantitative estimate of drug-likeness (QED) is 0.322. The first-order valence-electron chi connectivity index (χ1n) is 9.11. The van der Waals surface area contributed by atoms with Crippen LogP contribution in [0.3, 0.4) is 0 Å². The van der Waals surface area contributed by atoms with Crippen LogP contribution in [0.2, 0.25) is 0 Å². The molecular formula is C23H24N3O+. The van der Waals surface area contributed by atoms with E-state index in [0.717, 1.165) is 33.3 Å². The Labute approximate surface area is 159 Å². The van der Waals surface area contributed by atoms with Crippen LogP contribution in [0.5, 0.6) is 0 Å². The number of rotatable bonds is 1. The summed E-state index contributed by atoms with van der Waals surface area (Å²) in [5.41, 5.74) is 5.81. The maximum atomic E-state index is 7.32. The van der Waals surface area contributed by atoms with Crippen LogP contribution in [-0.4, -0.2) is 4.57 Å². The molecule has 0 fully saturated rings. The second kappa shape index (κ2) is 5.72. The van der Waals surface area contributed by atoms with Gasteiger partial charge in [-0.05, 0) is 29.5 Å². The lowest BCUT2D eigenvalue weighted by Crippen LogP contribution is -2.29. The van der Waals surface area contributed by atoms with E-state index in [1.165, 1.54) is 11.1 Å². The largest absolute Gasteiger partial charge is 0.456 e. The maximum Gasteiger partial charge on any atom is 0.292 e. The lowest BCUT2D eigenvalue weighted by molar-refractivity contribution is -0.659. The van der Waals surface area contributed by atoms with Crippen molar-refractivity contribution in [3.05, 3.63) is 59.2 Å². The Morgan fingerprint density at radius 1 is 1.19 bits per heavy atom. The fourth-order valence-corrected chi connectivity index (χ4v) is 3.95. The number of hydrogen-bond donors (Lipinski definition) is 0. The molecule has 0 N–H and O–H groups in total. The van der Waals surface area contributed by atoms with Gasteiger partial charge in [0.25, 0.3) is 5.82 Å². The third kappa shape index (κ3) is 2.54. The highest BCUT2D eigenvalue weighted by molar-refractivity contribution is 6.12. The van der Waals surface area contributed by atoms with Crippen molar-refractivity contribution in [2.45, 2.75) is 33.1 Å². The van der Waals surface area contributed by atoms with Crippen LogP contribution < -0.4 is 4.57 Å². The first-order valence-corrected chi connectivity index (χ1v) is 9.11. The van der Waals surface area contributed by atoms with Crippen molar-refractivity contribution in [3.63, 3.8) is 0 Å². The highest BCUT2D eigenvalue weighted by Gasteiger charge is 2.28. The van der Waals surface area contributed by atoms with E-state index in [0.29, 0.717) is 5.69 Å². The molecule has 27 heavy (non-hydrogen) atoms. The number of fused-ring (bicyclic) bond motifs is 3. The normalized spacial score (nSPS) is 12.0. The van der Waals surface area contributed by atoms with Gasteiger partial charge in [-0.2, -0.15) is 0 Å². The molecule has 0 radical (unpaired) electrons. The summed E-state index contributed by atoms with van der Waals surface area (Å²) in [6.45, 7) is 16.2. The molecule has 0 unspecified atom stereocenters. The fourth-order valence-electron chi connectivity index (χ4n) is 3.95. The molecule has 4 rings (SSSR count). The van der Waals surface area contributed by atoms with Crippen molar-refractivity contribution in [1.82, 2.24) is 4.57 Å². The average Bonchev–Trinajstić information content (AvgIpc) is 3.13. The monoisotopic (exact) mass is 358 g/mol. The van der Waals surface area contributed by atoms with Crippen molar-refractivity contribution < 1.29 is 8.98 Å². The molecule has 4 nitrogen and oxygen atoms in total. The van der Waals surface area contributed by atoms with Gasteiger partial charge in [0.2, 0.25) is 0 Å². The Bertz CT molecular complexity index is 1220. The van der Waals surface area contributed by atoms with E-state index in [2.05, 4.69) is 74.2 Å². The van der Waals surface area contributed by atoms with Crippen molar-refractivity contribution in [2.24, 2.45) is 14.1 Å². The molecule has 0 saturated carbocycles. The van der Waals surface area contributed by atoms with Gasteiger partial charge in [-0.1, -0.05) is 39.0 Å². The zero-order chi connectivity index (χ0) is 19.5. The molecule has 4 heteroatoms. The molecule has 136 valence electrons. The van der Waals surface area contributed by atoms with Crippen molar-refractivity contribution in [3.8, 4) is 11.4 Å². The third-order valence-electron chi connectivity index (χ3n) is 5.27. The van der Waals surface area contributed by atoms with E-state index in [9.17, 15) is 0 Å². The second-order valence-electron chi connectivity index (χ2n) is 8.31. The van der Waals surface area contributed by atoms with E-state index >= 15 is 0 Å². The zero-order valence-electron chi connectivity index (χ0n) is 16.7. The van der Waals surface area contributed by atoms with Crippen molar-refractivity contribution >= 4 is 27.6 Å². The average molecular weight is 358 g/mol. The number of furan rings is 1. The first kappa shape index (κ1) is 17.4. The van der Waals surface area contributed by atoms with Gasteiger partial charge in [-0.3, -0.25) is 0 Å². The molecular weight excluding hydrogens is 334 g/mol. The van der Waals surface area contributed by atoms with Crippen molar-refractivity contribution in [2.75, 3.05) is 0 Å². The topological polar surface area (TPSA) is 26.3 Å². The van der Waals surface area contributed by atoms with Gasteiger partial charge in [0.05, 0.1) is 20.7 Å². The smallest absolute Gasteiger partial charge is 0.292 e. The summed E-state index contributed by atoms with van der Waals surface area (Å²) in [7, 11) is 4.11. The minimum Gasteiger partial charge on any atom is -0.456 e. The van der Waals surface area contributed by atoms with Crippen LogP contribution in [-0.2, 0) is 19.5 Å². The van der Waals surface area contributed by atoms with Crippen LogP contribution in [0.25, 0.3) is 38.2 Å². The molecule has 2 aromatic heterocycles. The standard InChI is InChI=1S/C23H24N3O/c1-14-12-17(23(2,3)4)20-16-9-8-15(24-5)13-18(16)27-21(20)19(14)22-25(6)10-11-26(22)7/h8-13H,1-4,6-7H3/q+1. The van der Waals surface area contributed by atoms with E-state index in [-0.39, 0.29) is 5.41 Å². The van der Waals surface area contributed by atoms with Gasteiger partial charge < -0.3 is 4.42 Å². The minimum atomic E-state index is -0.0206. The van der Waals surface area contributed by atoms with Crippen molar-refractivity contribution in [1.29, 1.82) is 0 Å². The molecule has 0 atom stereocenters. The molecule has 0 spiro atoms. The first-order chi connectivity index (χ1) is 12.7. The Hall–Kier alpha value is -3.06. The van der Waals surface area contributed by atoms with Gasteiger partial charge in [-0.15, -0.1) is 0 Å². The van der Waals surface area contributed by atoms with Crippen LogP contribution >= 0.6 is 0 Å². The van der Waals surface area contributed by atoms with Gasteiger partial charge in [0, 0.05) is 10.8 Å². The van der Waals surface area contributed by atoms with Gasteiger partial charge in [0.1, 0.15) is 23.5 Å². The predicted molar refractivity (Wildman–Crippen MR) is 109 cm³/mol. The number of nitrogens with zero attached hydrogens (tertiary/aromatic N) is 3. The molecule has 0 aliphatic rings. The second-order valence-corrected chi connectivity index (χ2v) is 8.31. The summed E-state index contributed by atoms with van der Waals surface area (Å²) in [6.07, 6.45) is 4.11. The third-order valence-corrected chi connectivity index (χ3v) is 5.27. The Morgan fingerprint density at radius 3 is 2.52 bits per heavy atom. The lowest BCUT2D eigenvalue weighted by atomic mass is 9.82. The highest BCUT2D eigenvalue weighted by atomic mass is 16.3. The lowest BCUT2D eigenvalue weighted by Gasteiger charge is -2.22. The van der Waals surface area contributed by atoms with Gasteiger partial charge in [-0.25, -0.2) is 14.0 Å². The molecule has 2 heterocycles. The van der Waals surface area contributed by atoms with Crippen LogP contribution in [0.4, 0.5) is 5.69 Å². The summed E-state index contributed by atoms with van der Waals surface area (Å²) in [5.74, 6) is 1.10. The molecule has 0 amide bonds. The molecule has 4 aromatic rings. The van der Waals surface area contributed by atoms with E-state index in [4.69, 9.17) is 11.0 Å². The maximum absolute atomic E-state index is 7.32. The Morgan fingerprint density at radius 2 is 1.93 bits per heavy atom. The number of aromatic nitrogens is 2. The van der Waals surface area contributed by atoms with Gasteiger partial charge >= 0.3 is 0 Å². The number of hydrogen-bond acceptors (Lipinski definition) is 1. The highest BCUT2D eigenvalue weighted by Crippen LogP contribution is 2.43.